The maximum Gasteiger partial charge on any atom is 0.416 e. The lowest BCUT2D eigenvalue weighted by Gasteiger charge is -2.32. The Kier molecular flexibility index (Phi) is 5.96. The molecular formula is C20H20F3N3O2. The maximum absolute atomic E-state index is 12.9. The van der Waals surface area contributed by atoms with Gasteiger partial charge in [-0.1, -0.05) is 12.1 Å². The maximum atomic E-state index is 12.9. The Bertz CT molecular complexity index is 840. The van der Waals surface area contributed by atoms with Crippen LogP contribution in [0, 0.1) is 5.92 Å². The first-order valence-electron chi connectivity index (χ1n) is 8.93. The fraction of sp³-hybridized carbons (Fsp3) is 0.350. The van der Waals surface area contributed by atoms with E-state index in [0.717, 1.165) is 17.7 Å². The van der Waals surface area contributed by atoms with E-state index in [1.54, 1.807) is 30.6 Å². The molecule has 0 spiro atoms. The van der Waals surface area contributed by atoms with Crippen molar-refractivity contribution in [1.29, 1.82) is 0 Å². The molecule has 1 aliphatic rings. The summed E-state index contributed by atoms with van der Waals surface area (Å²) < 4.78 is 38.6. The second-order valence-electron chi connectivity index (χ2n) is 6.78. The van der Waals surface area contributed by atoms with E-state index >= 15 is 0 Å². The van der Waals surface area contributed by atoms with Gasteiger partial charge in [0.25, 0.3) is 0 Å². The van der Waals surface area contributed by atoms with E-state index in [0.29, 0.717) is 18.5 Å². The number of alkyl halides is 3. The lowest BCUT2D eigenvalue weighted by atomic mass is 9.96. The van der Waals surface area contributed by atoms with E-state index in [-0.39, 0.29) is 37.2 Å². The molecule has 2 aromatic rings. The molecule has 1 fully saturated rings. The van der Waals surface area contributed by atoms with Crippen molar-refractivity contribution in [3.05, 3.63) is 65.5 Å². The number of hydrogen-bond donors (Lipinski definition) is 1. The van der Waals surface area contributed by atoms with Crippen molar-refractivity contribution in [1.82, 2.24) is 15.2 Å². The summed E-state index contributed by atoms with van der Waals surface area (Å²) in [4.78, 5) is 30.0. The Morgan fingerprint density at radius 3 is 2.64 bits per heavy atom. The number of likely N-dealkylation sites (tertiary alicyclic amines) is 1. The van der Waals surface area contributed by atoms with Crippen LogP contribution < -0.4 is 5.32 Å². The summed E-state index contributed by atoms with van der Waals surface area (Å²) in [6.07, 6.45) is -0.529. The van der Waals surface area contributed by atoms with Gasteiger partial charge in [-0.15, -0.1) is 0 Å². The molecule has 148 valence electrons. The topological polar surface area (TPSA) is 62.3 Å². The molecule has 1 atom stereocenters. The van der Waals surface area contributed by atoms with Crippen molar-refractivity contribution < 1.29 is 22.8 Å². The van der Waals surface area contributed by atoms with Gasteiger partial charge in [-0.05, 0) is 41.8 Å². The van der Waals surface area contributed by atoms with E-state index in [1.165, 1.54) is 11.0 Å². The largest absolute Gasteiger partial charge is 0.416 e. The number of carbonyl (C=O) groups excluding carboxylic acids is 2. The molecule has 1 aromatic heterocycles. The second-order valence-corrected chi connectivity index (χ2v) is 6.78. The monoisotopic (exact) mass is 391 g/mol. The van der Waals surface area contributed by atoms with Crippen LogP contribution >= 0.6 is 0 Å². The lowest BCUT2D eigenvalue weighted by molar-refractivity contribution is -0.139. The van der Waals surface area contributed by atoms with Gasteiger partial charge in [0.2, 0.25) is 11.8 Å². The molecule has 28 heavy (non-hydrogen) atoms. The minimum absolute atomic E-state index is 0.0525. The smallest absolute Gasteiger partial charge is 0.352 e. The minimum atomic E-state index is -4.43. The highest BCUT2D eigenvalue weighted by Crippen LogP contribution is 2.30. The van der Waals surface area contributed by atoms with Gasteiger partial charge in [0.05, 0.1) is 11.5 Å². The molecule has 0 radical (unpaired) electrons. The first-order valence-corrected chi connectivity index (χ1v) is 8.93. The summed E-state index contributed by atoms with van der Waals surface area (Å²) in [5, 5.41) is 2.84. The molecule has 0 bridgehead atoms. The number of nitrogens with zero attached hydrogens (tertiary/aromatic N) is 2. The van der Waals surface area contributed by atoms with Crippen molar-refractivity contribution in [3.63, 3.8) is 0 Å². The van der Waals surface area contributed by atoms with Crippen LogP contribution in [0.15, 0.2) is 48.8 Å². The number of pyridine rings is 1. The SMILES string of the molecule is O=C(NCc1ccncc1)[C@H]1CCC(=O)N(Cc2cccc(C(F)(F)F)c2)C1. The summed E-state index contributed by atoms with van der Waals surface area (Å²) >= 11 is 0. The van der Waals surface area contributed by atoms with Crippen molar-refractivity contribution in [2.24, 2.45) is 5.92 Å². The first kappa shape index (κ1) is 19.9. The molecule has 0 unspecified atom stereocenters. The summed E-state index contributed by atoms with van der Waals surface area (Å²) in [6.45, 7) is 0.605. The normalized spacial score (nSPS) is 17.5. The fourth-order valence-corrected chi connectivity index (χ4v) is 3.18. The number of benzene rings is 1. The van der Waals surface area contributed by atoms with Crippen molar-refractivity contribution in [2.45, 2.75) is 32.1 Å². The van der Waals surface area contributed by atoms with Crippen molar-refractivity contribution >= 4 is 11.8 Å². The quantitative estimate of drug-likeness (QED) is 0.852. The summed E-state index contributed by atoms with van der Waals surface area (Å²) in [5.41, 5.74) is 0.554. The number of hydrogen-bond acceptors (Lipinski definition) is 3. The number of nitrogens with one attached hydrogen (secondary N) is 1. The number of amides is 2. The Labute approximate surface area is 160 Å². The molecule has 5 nitrogen and oxygen atoms in total. The van der Waals surface area contributed by atoms with Crippen LogP contribution in [0.5, 0.6) is 0 Å². The van der Waals surface area contributed by atoms with Gasteiger partial charge in [0, 0.05) is 38.4 Å². The number of rotatable bonds is 5. The fourth-order valence-electron chi connectivity index (χ4n) is 3.18. The highest BCUT2D eigenvalue weighted by Gasteiger charge is 2.32. The van der Waals surface area contributed by atoms with Gasteiger partial charge in [0.15, 0.2) is 0 Å². The van der Waals surface area contributed by atoms with Crippen molar-refractivity contribution in [3.8, 4) is 0 Å². The average Bonchev–Trinajstić information content (AvgIpc) is 2.68. The van der Waals surface area contributed by atoms with Gasteiger partial charge in [-0.3, -0.25) is 14.6 Å². The van der Waals surface area contributed by atoms with Gasteiger partial charge in [-0.25, -0.2) is 0 Å². The Morgan fingerprint density at radius 1 is 1.18 bits per heavy atom. The molecule has 8 heteroatoms. The standard InChI is InChI=1S/C20H20F3N3O2/c21-20(22,23)17-3-1-2-15(10-17)12-26-13-16(4-5-18(26)27)19(28)25-11-14-6-8-24-9-7-14/h1-3,6-10,16H,4-5,11-13H2,(H,25,28)/t16-/m0/s1. The number of halogens is 3. The second kappa shape index (κ2) is 8.41. The van der Waals surface area contributed by atoms with E-state index < -0.39 is 11.7 Å². The third-order valence-electron chi connectivity index (χ3n) is 4.71. The predicted molar refractivity (Wildman–Crippen MR) is 95.7 cm³/mol. The summed E-state index contributed by atoms with van der Waals surface area (Å²) in [5.74, 6) is -0.709. The van der Waals surface area contributed by atoms with Crippen LogP contribution in [0.4, 0.5) is 13.2 Å². The number of piperidine rings is 1. The zero-order valence-corrected chi connectivity index (χ0v) is 15.1. The summed E-state index contributed by atoms with van der Waals surface area (Å²) in [6, 6.07) is 8.51. The van der Waals surface area contributed by atoms with Crippen LogP contribution in [0.2, 0.25) is 0 Å². The van der Waals surface area contributed by atoms with Gasteiger partial charge < -0.3 is 10.2 Å². The molecular weight excluding hydrogens is 371 g/mol. The molecule has 1 aliphatic heterocycles. The molecule has 1 aromatic carbocycles. The van der Waals surface area contributed by atoms with Crippen LogP contribution in [0.25, 0.3) is 0 Å². The lowest BCUT2D eigenvalue weighted by Crippen LogP contribution is -2.45. The Balaban J connectivity index is 1.61. The molecule has 0 aliphatic carbocycles. The highest BCUT2D eigenvalue weighted by molar-refractivity contribution is 5.83. The predicted octanol–water partition coefficient (Wildman–Crippen LogP) is 3.16. The molecule has 2 amide bonds. The van der Waals surface area contributed by atoms with Gasteiger partial charge in [0.1, 0.15) is 0 Å². The van der Waals surface area contributed by atoms with Crippen LogP contribution in [0.1, 0.15) is 29.5 Å². The number of carbonyl (C=O) groups is 2. The third-order valence-corrected chi connectivity index (χ3v) is 4.71. The third kappa shape index (κ3) is 5.09. The van der Waals surface area contributed by atoms with E-state index in [1.807, 2.05) is 0 Å². The molecule has 2 heterocycles. The Hall–Kier alpha value is -2.90. The van der Waals surface area contributed by atoms with E-state index in [9.17, 15) is 22.8 Å². The van der Waals surface area contributed by atoms with Crippen LogP contribution in [-0.2, 0) is 28.9 Å². The minimum Gasteiger partial charge on any atom is -0.352 e. The Morgan fingerprint density at radius 2 is 1.93 bits per heavy atom. The molecule has 3 rings (SSSR count). The van der Waals surface area contributed by atoms with Crippen LogP contribution in [0.3, 0.4) is 0 Å². The van der Waals surface area contributed by atoms with E-state index in [4.69, 9.17) is 0 Å². The van der Waals surface area contributed by atoms with E-state index in [2.05, 4.69) is 10.3 Å². The van der Waals surface area contributed by atoms with Crippen LogP contribution in [-0.4, -0.2) is 28.2 Å². The van der Waals surface area contributed by atoms with Gasteiger partial charge in [-0.2, -0.15) is 13.2 Å². The molecule has 1 saturated heterocycles. The highest BCUT2D eigenvalue weighted by atomic mass is 19.4. The number of aromatic nitrogens is 1. The average molecular weight is 391 g/mol. The molecule has 0 saturated carbocycles. The summed E-state index contributed by atoms with van der Waals surface area (Å²) in [7, 11) is 0. The van der Waals surface area contributed by atoms with Gasteiger partial charge >= 0.3 is 6.18 Å². The zero-order chi connectivity index (χ0) is 20.1. The molecule has 1 N–H and O–H groups in total. The van der Waals surface area contributed by atoms with Crippen molar-refractivity contribution in [2.75, 3.05) is 6.54 Å². The first-order chi connectivity index (χ1) is 13.3. The zero-order valence-electron chi connectivity index (χ0n) is 15.1.